The molecule has 2 aromatic rings. The summed E-state index contributed by atoms with van der Waals surface area (Å²) in [5, 5.41) is 17.9. The van der Waals surface area contributed by atoms with Crippen LogP contribution in [0.2, 0.25) is 0 Å². The number of aromatic nitrogens is 2. The fraction of sp³-hybridized carbons (Fsp3) is 0.350. The first-order valence-electron chi connectivity index (χ1n) is 8.83. The summed E-state index contributed by atoms with van der Waals surface area (Å²) in [6.07, 6.45) is 0. The summed E-state index contributed by atoms with van der Waals surface area (Å²) in [4.78, 5) is 29.1. The van der Waals surface area contributed by atoms with E-state index < -0.39 is 17.7 Å². The number of carbonyl (C=O) groups is 2. The first kappa shape index (κ1) is 18.8. The van der Waals surface area contributed by atoms with Gasteiger partial charge in [-0.3, -0.25) is 14.7 Å². The maximum Gasteiger partial charge on any atom is 0.295 e. The lowest BCUT2D eigenvalue weighted by atomic mass is 9.95. The van der Waals surface area contributed by atoms with Crippen LogP contribution in [0.1, 0.15) is 28.6 Å². The zero-order valence-electron chi connectivity index (χ0n) is 16.0. The van der Waals surface area contributed by atoms with Gasteiger partial charge in [0.25, 0.3) is 11.7 Å². The summed E-state index contributed by atoms with van der Waals surface area (Å²) < 4.78 is 0. The highest BCUT2D eigenvalue weighted by atomic mass is 16.3. The molecule has 7 heteroatoms. The maximum atomic E-state index is 12.9. The highest BCUT2D eigenvalue weighted by Crippen LogP contribution is 2.39. The predicted octanol–water partition coefficient (Wildman–Crippen LogP) is 2.01. The van der Waals surface area contributed by atoms with Crippen LogP contribution in [0.5, 0.6) is 0 Å². The lowest BCUT2D eigenvalue weighted by molar-refractivity contribution is -0.140. The van der Waals surface area contributed by atoms with Gasteiger partial charge in [0.05, 0.1) is 22.9 Å². The maximum absolute atomic E-state index is 12.9. The van der Waals surface area contributed by atoms with E-state index >= 15 is 0 Å². The first-order valence-corrected chi connectivity index (χ1v) is 8.83. The third kappa shape index (κ3) is 3.38. The average Bonchev–Trinajstić information content (AvgIpc) is 3.10. The van der Waals surface area contributed by atoms with E-state index in [9.17, 15) is 14.7 Å². The van der Waals surface area contributed by atoms with E-state index in [0.29, 0.717) is 30.0 Å². The summed E-state index contributed by atoms with van der Waals surface area (Å²) in [6, 6.07) is 8.69. The summed E-state index contributed by atoms with van der Waals surface area (Å²) in [5.74, 6) is -1.44. The number of likely N-dealkylation sites (N-methyl/N-ethyl adjacent to an activating group) is 1. The average molecular weight is 368 g/mol. The van der Waals surface area contributed by atoms with Crippen LogP contribution in [0.4, 0.5) is 0 Å². The lowest BCUT2D eigenvalue weighted by Crippen LogP contribution is -2.35. The Morgan fingerprint density at radius 3 is 2.44 bits per heavy atom. The van der Waals surface area contributed by atoms with Crippen LogP contribution >= 0.6 is 0 Å². The number of likely N-dealkylation sites (tertiary alicyclic amines) is 1. The van der Waals surface area contributed by atoms with E-state index in [4.69, 9.17) is 0 Å². The molecule has 0 unspecified atom stereocenters. The molecule has 1 atom stereocenters. The molecule has 0 radical (unpaired) electrons. The van der Waals surface area contributed by atoms with Crippen molar-refractivity contribution in [1.29, 1.82) is 0 Å². The number of aryl methyl sites for hydroxylation is 2. The number of hydrogen-bond donors (Lipinski definition) is 2. The number of aliphatic hydroxyl groups is 1. The van der Waals surface area contributed by atoms with Gasteiger partial charge in [0.2, 0.25) is 0 Å². The third-order valence-corrected chi connectivity index (χ3v) is 4.81. The summed E-state index contributed by atoms with van der Waals surface area (Å²) in [5.41, 5.74) is 2.60. The lowest BCUT2D eigenvalue weighted by Gasteiger charge is -2.26. The van der Waals surface area contributed by atoms with Crippen LogP contribution in [0.15, 0.2) is 35.9 Å². The molecule has 0 saturated carbocycles. The van der Waals surface area contributed by atoms with Gasteiger partial charge in [0, 0.05) is 18.8 Å². The van der Waals surface area contributed by atoms with E-state index in [1.807, 2.05) is 49.3 Å². The Balaban J connectivity index is 2.17. The molecular weight excluding hydrogens is 344 g/mol. The van der Waals surface area contributed by atoms with Gasteiger partial charge in [0.15, 0.2) is 0 Å². The second kappa shape index (κ2) is 7.36. The van der Waals surface area contributed by atoms with Gasteiger partial charge < -0.3 is 14.9 Å². The smallest absolute Gasteiger partial charge is 0.295 e. The molecule has 0 spiro atoms. The predicted molar refractivity (Wildman–Crippen MR) is 102 cm³/mol. The third-order valence-electron chi connectivity index (χ3n) is 4.81. The monoisotopic (exact) mass is 368 g/mol. The number of Topliss-reactive ketones (excluding diaryl/α,β-unsaturated/α-hetero) is 1. The zero-order chi connectivity index (χ0) is 19.7. The molecule has 1 aliphatic heterocycles. The number of hydrogen-bond acceptors (Lipinski definition) is 5. The van der Waals surface area contributed by atoms with Gasteiger partial charge in [-0.05, 0) is 33.5 Å². The van der Waals surface area contributed by atoms with E-state index in [1.165, 1.54) is 4.90 Å². The Bertz CT molecular complexity index is 880. The first-order chi connectivity index (χ1) is 12.8. The Kier molecular flexibility index (Phi) is 5.14. The van der Waals surface area contributed by atoms with Gasteiger partial charge in [-0.1, -0.05) is 30.3 Å². The normalized spacial score (nSPS) is 19.3. The number of rotatable bonds is 5. The highest BCUT2D eigenvalue weighted by molar-refractivity contribution is 6.46. The van der Waals surface area contributed by atoms with Crippen molar-refractivity contribution in [2.45, 2.75) is 19.9 Å². The van der Waals surface area contributed by atoms with Gasteiger partial charge in [-0.15, -0.1) is 0 Å². The zero-order valence-corrected chi connectivity index (χ0v) is 16.0. The fourth-order valence-electron chi connectivity index (χ4n) is 3.43. The van der Waals surface area contributed by atoms with Crippen LogP contribution < -0.4 is 0 Å². The number of nitrogens with zero attached hydrogens (tertiary/aromatic N) is 3. The molecule has 2 heterocycles. The van der Waals surface area contributed by atoms with E-state index in [-0.39, 0.29) is 11.3 Å². The number of nitrogens with one attached hydrogen (secondary N) is 1. The number of ketones is 1. The SMILES string of the molecule is Cc1n[nH]c(C)c1/C(O)=C1\C(=O)C(=O)N(CCN(C)C)[C@@H]1c1ccccc1. The molecule has 7 nitrogen and oxygen atoms in total. The molecular formula is C20H24N4O3. The van der Waals surface area contributed by atoms with Crippen molar-refractivity contribution < 1.29 is 14.7 Å². The second-order valence-corrected chi connectivity index (χ2v) is 7.02. The Hall–Kier alpha value is -2.93. The van der Waals surface area contributed by atoms with E-state index in [1.54, 1.807) is 13.8 Å². The second-order valence-electron chi connectivity index (χ2n) is 7.02. The molecule has 2 N–H and O–H groups in total. The number of aliphatic hydroxyl groups excluding tert-OH is 1. The molecule has 142 valence electrons. The Morgan fingerprint density at radius 2 is 1.89 bits per heavy atom. The molecule has 0 bridgehead atoms. The van der Waals surface area contributed by atoms with Gasteiger partial charge >= 0.3 is 0 Å². The molecule has 27 heavy (non-hydrogen) atoms. The summed E-state index contributed by atoms with van der Waals surface area (Å²) >= 11 is 0. The van der Waals surface area contributed by atoms with Crippen molar-refractivity contribution in [1.82, 2.24) is 20.0 Å². The van der Waals surface area contributed by atoms with Crippen molar-refractivity contribution >= 4 is 17.4 Å². The van der Waals surface area contributed by atoms with Crippen LogP contribution in [-0.4, -0.2) is 64.0 Å². The van der Waals surface area contributed by atoms with Crippen molar-refractivity contribution in [2.75, 3.05) is 27.2 Å². The standard InChI is InChI=1S/C20H24N4O3/c1-12-15(13(2)22-21-12)18(25)16-17(14-8-6-5-7-9-14)24(11-10-23(3)4)20(27)19(16)26/h5-9,17,25H,10-11H2,1-4H3,(H,21,22)/b18-16+/t17-/m1/s1. The van der Waals surface area contributed by atoms with Crippen LogP contribution in [0.25, 0.3) is 5.76 Å². The number of aromatic amines is 1. The van der Waals surface area contributed by atoms with E-state index in [2.05, 4.69) is 10.2 Å². The Morgan fingerprint density at radius 1 is 1.22 bits per heavy atom. The molecule has 0 aliphatic carbocycles. The summed E-state index contributed by atoms with van der Waals surface area (Å²) in [7, 11) is 3.82. The van der Waals surface area contributed by atoms with Crippen molar-refractivity contribution in [2.24, 2.45) is 0 Å². The Labute approximate surface area is 158 Å². The molecule has 1 aromatic heterocycles. The number of H-pyrrole nitrogens is 1. The van der Waals surface area contributed by atoms with Crippen LogP contribution in [0, 0.1) is 13.8 Å². The molecule has 1 fully saturated rings. The van der Waals surface area contributed by atoms with Gasteiger partial charge in [-0.25, -0.2) is 0 Å². The quantitative estimate of drug-likeness (QED) is 0.479. The minimum absolute atomic E-state index is 0.109. The molecule has 1 amide bonds. The molecule has 1 saturated heterocycles. The topological polar surface area (TPSA) is 89.5 Å². The van der Waals surface area contributed by atoms with Crippen molar-refractivity contribution in [3.8, 4) is 0 Å². The highest BCUT2D eigenvalue weighted by Gasteiger charge is 2.46. The number of carbonyl (C=O) groups excluding carboxylic acids is 2. The number of amides is 1. The summed E-state index contributed by atoms with van der Waals surface area (Å²) in [6.45, 7) is 4.52. The molecule has 3 rings (SSSR count). The fourth-order valence-corrected chi connectivity index (χ4v) is 3.43. The molecule has 1 aliphatic rings. The van der Waals surface area contributed by atoms with Crippen molar-refractivity contribution in [3.63, 3.8) is 0 Å². The largest absolute Gasteiger partial charge is 0.507 e. The minimum Gasteiger partial charge on any atom is -0.507 e. The van der Waals surface area contributed by atoms with Crippen LogP contribution in [-0.2, 0) is 9.59 Å². The number of benzene rings is 1. The minimum atomic E-state index is -0.667. The van der Waals surface area contributed by atoms with Gasteiger partial charge in [-0.2, -0.15) is 5.10 Å². The van der Waals surface area contributed by atoms with Crippen LogP contribution in [0.3, 0.4) is 0 Å². The van der Waals surface area contributed by atoms with Gasteiger partial charge in [0.1, 0.15) is 5.76 Å². The van der Waals surface area contributed by atoms with Crippen molar-refractivity contribution in [3.05, 3.63) is 58.4 Å². The van der Waals surface area contributed by atoms with E-state index in [0.717, 1.165) is 5.56 Å². The molecule has 1 aromatic carbocycles.